The van der Waals surface area contributed by atoms with Gasteiger partial charge in [0.2, 0.25) is 0 Å². The number of carbonyl (C=O) groups is 3. The van der Waals surface area contributed by atoms with Crippen LogP contribution in [-0.2, 0) is 13.1 Å². The highest BCUT2D eigenvalue weighted by Gasteiger charge is 2.20. The van der Waals surface area contributed by atoms with Crippen molar-refractivity contribution in [1.29, 1.82) is 0 Å². The molecule has 0 atom stereocenters. The number of aromatic nitrogens is 4. The number of carboxylic acid groups (broad SMARTS) is 1. The average Bonchev–Trinajstić information content (AvgIpc) is 3.23. The fourth-order valence-electron chi connectivity index (χ4n) is 3.30. The van der Waals surface area contributed by atoms with E-state index in [1.165, 1.54) is 30.3 Å². The van der Waals surface area contributed by atoms with Gasteiger partial charge in [0.05, 0.1) is 5.56 Å². The monoisotopic (exact) mass is 478 g/mol. The summed E-state index contributed by atoms with van der Waals surface area (Å²) in [6.45, 7) is 1.75. The van der Waals surface area contributed by atoms with Crippen molar-refractivity contribution in [2.45, 2.75) is 20.0 Å². The third kappa shape index (κ3) is 5.05. The van der Waals surface area contributed by atoms with Crippen LogP contribution in [-0.4, -0.2) is 47.6 Å². The van der Waals surface area contributed by atoms with Gasteiger partial charge in [0.15, 0.2) is 0 Å². The molecule has 0 spiro atoms. The predicted molar refractivity (Wildman–Crippen MR) is 119 cm³/mol. The molecule has 11 nitrogen and oxygen atoms in total. The number of benzene rings is 2. The first kappa shape index (κ1) is 23.3. The minimum absolute atomic E-state index is 0.0700. The molecule has 0 aliphatic heterocycles. The first-order chi connectivity index (χ1) is 16.7. The number of amides is 2. The van der Waals surface area contributed by atoms with Gasteiger partial charge in [0.25, 0.3) is 17.6 Å². The van der Waals surface area contributed by atoms with Crippen LogP contribution in [0.3, 0.4) is 0 Å². The molecule has 0 saturated heterocycles. The van der Waals surface area contributed by atoms with E-state index in [2.05, 4.69) is 25.8 Å². The molecule has 4 rings (SSSR count). The Balaban J connectivity index is 1.53. The van der Waals surface area contributed by atoms with Gasteiger partial charge in [-0.3, -0.25) is 9.59 Å². The zero-order valence-corrected chi connectivity index (χ0v) is 18.3. The Kier molecular flexibility index (Phi) is 6.36. The molecule has 4 aromatic rings. The van der Waals surface area contributed by atoms with Gasteiger partial charge in [-0.05, 0) is 47.9 Å². The van der Waals surface area contributed by atoms with Crippen molar-refractivity contribution in [1.82, 2.24) is 30.2 Å². The van der Waals surface area contributed by atoms with E-state index in [9.17, 15) is 23.9 Å². The van der Waals surface area contributed by atoms with Gasteiger partial charge in [-0.1, -0.05) is 29.4 Å². The van der Waals surface area contributed by atoms with Gasteiger partial charge in [0, 0.05) is 13.1 Å². The van der Waals surface area contributed by atoms with E-state index in [-0.39, 0.29) is 41.6 Å². The lowest BCUT2D eigenvalue weighted by Gasteiger charge is -2.10. The van der Waals surface area contributed by atoms with E-state index >= 15 is 0 Å². The number of hydrogen-bond acceptors (Lipinski definition) is 7. The number of aromatic carboxylic acids is 1. The molecule has 0 aliphatic carbocycles. The standard InChI is InChI=1S/C23H19FN6O5/c1-12-8-14(4-7-16(12)24)11-26-20(32)18-9-17(27-22-28-29-23(35)30(18)22)19(31)25-10-13-2-5-15(6-3-13)21(33)34/h2-9H,10-11H2,1H3,(H,25,31)(H,26,32)(H,29,35)(H,33,34). The molecular formula is C23H19FN6O5. The lowest BCUT2D eigenvalue weighted by Crippen LogP contribution is -2.28. The van der Waals surface area contributed by atoms with Crippen molar-refractivity contribution in [2.24, 2.45) is 0 Å². The highest BCUT2D eigenvalue weighted by molar-refractivity contribution is 5.98. The summed E-state index contributed by atoms with van der Waals surface area (Å²) in [4.78, 5) is 40.6. The molecule has 12 heteroatoms. The SMILES string of the molecule is Cc1cc(CNC(=O)c2cc(C(=O)NCc3ccc(C(=O)O)cc3)nc3nnc(O)n23)ccc1F. The third-order valence-corrected chi connectivity index (χ3v) is 5.16. The van der Waals surface area contributed by atoms with Crippen LogP contribution in [0.15, 0.2) is 48.5 Å². The highest BCUT2D eigenvalue weighted by Crippen LogP contribution is 2.15. The summed E-state index contributed by atoms with van der Waals surface area (Å²) in [7, 11) is 0. The number of nitrogens with one attached hydrogen (secondary N) is 2. The molecule has 0 aliphatic rings. The van der Waals surface area contributed by atoms with E-state index in [0.29, 0.717) is 16.7 Å². The summed E-state index contributed by atoms with van der Waals surface area (Å²) in [5, 5.41) is 31.5. The number of hydrogen-bond donors (Lipinski definition) is 4. The molecule has 0 fully saturated rings. The second-order valence-electron chi connectivity index (χ2n) is 7.61. The summed E-state index contributed by atoms with van der Waals surface area (Å²) in [5.41, 5.74) is 1.57. The maximum Gasteiger partial charge on any atom is 0.335 e. The van der Waals surface area contributed by atoms with Crippen molar-refractivity contribution in [3.63, 3.8) is 0 Å². The van der Waals surface area contributed by atoms with Crippen LogP contribution in [0.4, 0.5) is 4.39 Å². The minimum Gasteiger partial charge on any atom is -0.479 e. The third-order valence-electron chi connectivity index (χ3n) is 5.16. The van der Waals surface area contributed by atoms with Gasteiger partial charge >= 0.3 is 12.0 Å². The van der Waals surface area contributed by atoms with Crippen molar-refractivity contribution < 1.29 is 29.0 Å². The Morgan fingerprint density at radius 1 is 0.943 bits per heavy atom. The van der Waals surface area contributed by atoms with Crippen LogP contribution in [0.5, 0.6) is 6.01 Å². The number of carboxylic acids is 1. The normalized spacial score (nSPS) is 10.8. The molecule has 2 aromatic heterocycles. The van der Waals surface area contributed by atoms with Crippen molar-refractivity contribution in [3.05, 3.63) is 88.0 Å². The molecule has 2 aromatic carbocycles. The highest BCUT2D eigenvalue weighted by atomic mass is 19.1. The summed E-state index contributed by atoms with van der Waals surface area (Å²) in [6.07, 6.45) is 0. The quantitative estimate of drug-likeness (QED) is 0.313. The molecule has 0 radical (unpaired) electrons. The van der Waals surface area contributed by atoms with E-state index in [4.69, 9.17) is 5.11 Å². The lowest BCUT2D eigenvalue weighted by molar-refractivity contribution is 0.0696. The summed E-state index contributed by atoms with van der Waals surface area (Å²) >= 11 is 0. The minimum atomic E-state index is -1.06. The first-order valence-electron chi connectivity index (χ1n) is 10.3. The number of aromatic hydroxyl groups is 1. The molecule has 178 valence electrons. The van der Waals surface area contributed by atoms with Crippen molar-refractivity contribution in [2.75, 3.05) is 0 Å². The average molecular weight is 478 g/mol. The van der Waals surface area contributed by atoms with E-state index in [0.717, 1.165) is 4.40 Å². The number of carbonyl (C=O) groups excluding carboxylic acids is 2. The van der Waals surface area contributed by atoms with Crippen LogP contribution in [0.25, 0.3) is 5.78 Å². The first-order valence-corrected chi connectivity index (χ1v) is 10.3. The second-order valence-corrected chi connectivity index (χ2v) is 7.61. The van der Waals surface area contributed by atoms with E-state index in [1.807, 2.05) is 0 Å². The largest absolute Gasteiger partial charge is 0.479 e. The van der Waals surface area contributed by atoms with Gasteiger partial charge in [-0.25, -0.2) is 18.6 Å². The number of aryl methyl sites for hydroxylation is 1. The molecule has 0 unspecified atom stereocenters. The fraction of sp³-hybridized carbons (Fsp3) is 0.130. The molecule has 2 amide bonds. The molecule has 0 bridgehead atoms. The topological polar surface area (TPSA) is 159 Å². The summed E-state index contributed by atoms with van der Waals surface area (Å²) < 4.78 is 14.5. The van der Waals surface area contributed by atoms with Gasteiger partial charge < -0.3 is 20.8 Å². The van der Waals surface area contributed by atoms with Crippen LogP contribution < -0.4 is 10.6 Å². The van der Waals surface area contributed by atoms with Gasteiger partial charge in [0.1, 0.15) is 17.2 Å². The summed E-state index contributed by atoms with van der Waals surface area (Å²) in [5.74, 6) is -2.86. The van der Waals surface area contributed by atoms with Crippen LogP contribution >= 0.6 is 0 Å². The van der Waals surface area contributed by atoms with Crippen LogP contribution in [0.1, 0.15) is 48.0 Å². The maximum atomic E-state index is 13.5. The van der Waals surface area contributed by atoms with Crippen molar-refractivity contribution >= 4 is 23.6 Å². The Morgan fingerprint density at radius 2 is 1.60 bits per heavy atom. The van der Waals surface area contributed by atoms with Gasteiger partial charge in [-0.2, -0.15) is 0 Å². The fourth-order valence-corrected chi connectivity index (χ4v) is 3.30. The zero-order valence-electron chi connectivity index (χ0n) is 18.3. The number of rotatable bonds is 7. The number of nitrogens with zero attached hydrogens (tertiary/aromatic N) is 4. The van der Waals surface area contributed by atoms with Crippen LogP contribution in [0.2, 0.25) is 0 Å². The molecule has 2 heterocycles. The molecule has 0 saturated carbocycles. The Bertz CT molecular complexity index is 1450. The number of halogens is 1. The summed E-state index contributed by atoms with van der Waals surface area (Å²) in [6, 6.07) is 11.0. The lowest BCUT2D eigenvalue weighted by atomic mass is 10.1. The smallest absolute Gasteiger partial charge is 0.335 e. The Morgan fingerprint density at radius 3 is 2.29 bits per heavy atom. The van der Waals surface area contributed by atoms with Crippen molar-refractivity contribution in [3.8, 4) is 6.01 Å². The molecule has 4 N–H and O–H groups in total. The van der Waals surface area contributed by atoms with Gasteiger partial charge in [-0.15, -0.1) is 5.10 Å². The molecular weight excluding hydrogens is 459 g/mol. The number of fused-ring (bicyclic) bond motifs is 1. The second kappa shape index (κ2) is 9.55. The van der Waals surface area contributed by atoms with Crippen LogP contribution in [0, 0.1) is 12.7 Å². The Hall–Kier alpha value is -4.87. The van der Waals surface area contributed by atoms with E-state index in [1.54, 1.807) is 25.1 Å². The van der Waals surface area contributed by atoms with E-state index < -0.39 is 23.8 Å². The maximum absolute atomic E-state index is 13.5. The Labute approximate surface area is 197 Å². The molecule has 35 heavy (non-hydrogen) atoms. The predicted octanol–water partition coefficient (Wildman–Crippen LogP) is 1.84. The zero-order chi connectivity index (χ0) is 25.1.